The van der Waals surface area contributed by atoms with Gasteiger partial charge in [0.05, 0.1) is 19.6 Å². The molecule has 1 saturated heterocycles. The van der Waals surface area contributed by atoms with Crippen LogP contribution in [0.2, 0.25) is 0 Å². The van der Waals surface area contributed by atoms with E-state index in [0.29, 0.717) is 13.0 Å². The largest absolute Gasteiger partial charge is 0.497 e. The van der Waals surface area contributed by atoms with Crippen molar-refractivity contribution in [3.63, 3.8) is 0 Å². The molecule has 0 aromatic heterocycles. The molecule has 0 aliphatic carbocycles. The van der Waals surface area contributed by atoms with Crippen LogP contribution in [0.25, 0.3) is 0 Å². The average molecular weight is 309 g/mol. The van der Waals surface area contributed by atoms with Crippen molar-refractivity contribution in [3.05, 3.63) is 65.7 Å². The van der Waals surface area contributed by atoms with Gasteiger partial charge in [-0.1, -0.05) is 42.5 Å². The minimum Gasteiger partial charge on any atom is -0.497 e. The third-order valence-electron chi connectivity index (χ3n) is 4.18. The van der Waals surface area contributed by atoms with Crippen molar-refractivity contribution in [1.82, 2.24) is 4.90 Å². The summed E-state index contributed by atoms with van der Waals surface area (Å²) >= 11 is 0. The molecule has 2 aromatic carbocycles. The summed E-state index contributed by atoms with van der Waals surface area (Å²) in [4.78, 5) is 26.1. The number of likely N-dealkylation sites (tertiary alicyclic amines) is 1. The van der Waals surface area contributed by atoms with E-state index in [1.807, 2.05) is 54.6 Å². The van der Waals surface area contributed by atoms with E-state index in [1.54, 1.807) is 12.0 Å². The van der Waals surface area contributed by atoms with Gasteiger partial charge in [0, 0.05) is 6.54 Å². The molecule has 1 heterocycles. The molecule has 0 spiro atoms. The van der Waals surface area contributed by atoms with Crippen LogP contribution in [-0.4, -0.2) is 29.7 Å². The van der Waals surface area contributed by atoms with E-state index < -0.39 is 0 Å². The number of hydrogen-bond acceptors (Lipinski definition) is 3. The van der Waals surface area contributed by atoms with E-state index >= 15 is 0 Å². The van der Waals surface area contributed by atoms with Gasteiger partial charge < -0.3 is 9.64 Å². The van der Waals surface area contributed by atoms with Gasteiger partial charge in [-0.3, -0.25) is 9.59 Å². The summed E-state index contributed by atoms with van der Waals surface area (Å²) in [6.07, 6.45) is 0.579. The van der Waals surface area contributed by atoms with E-state index in [2.05, 4.69) is 0 Å². The molecule has 1 amide bonds. The van der Waals surface area contributed by atoms with Crippen molar-refractivity contribution in [3.8, 4) is 5.75 Å². The molecular formula is C19H19NO3. The predicted octanol–water partition coefficient (Wildman–Crippen LogP) is 2.61. The molecule has 2 aromatic rings. The highest BCUT2D eigenvalue weighted by atomic mass is 16.5. The second-order valence-corrected chi connectivity index (χ2v) is 5.72. The molecule has 4 heteroatoms. The first-order valence-corrected chi connectivity index (χ1v) is 7.66. The van der Waals surface area contributed by atoms with Crippen LogP contribution in [-0.2, 0) is 22.6 Å². The van der Waals surface area contributed by atoms with Crippen LogP contribution in [0.5, 0.6) is 5.75 Å². The number of nitrogens with zero attached hydrogens (tertiary/aromatic N) is 1. The fraction of sp³-hybridized carbons (Fsp3) is 0.263. The summed E-state index contributed by atoms with van der Waals surface area (Å²) in [5.74, 6) is 0.692. The number of amides is 1. The fourth-order valence-electron chi connectivity index (χ4n) is 2.90. The van der Waals surface area contributed by atoms with Crippen LogP contribution in [0.15, 0.2) is 54.6 Å². The number of ketones is 1. The highest BCUT2D eigenvalue weighted by molar-refractivity contribution is 6.07. The summed E-state index contributed by atoms with van der Waals surface area (Å²) in [6.45, 7) is 0.450. The number of ether oxygens (including phenoxy) is 1. The van der Waals surface area contributed by atoms with Crippen LogP contribution in [0, 0.1) is 0 Å². The number of carbonyl (C=O) groups excluding carboxylic acids is 2. The molecule has 1 aliphatic rings. The molecule has 0 bridgehead atoms. The molecule has 1 fully saturated rings. The lowest BCUT2D eigenvalue weighted by Crippen LogP contribution is -2.36. The summed E-state index contributed by atoms with van der Waals surface area (Å²) < 4.78 is 5.14. The zero-order valence-electron chi connectivity index (χ0n) is 13.1. The first kappa shape index (κ1) is 15.3. The summed E-state index contributed by atoms with van der Waals surface area (Å²) in [6, 6.07) is 17.0. The van der Waals surface area contributed by atoms with Crippen molar-refractivity contribution in [2.75, 3.05) is 7.11 Å². The lowest BCUT2D eigenvalue weighted by Gasteiger charge is -2.24. The second kappa shape index (κ2) is 6.65. The predicted molar refractivity (Wildman–Crippen MR) is 87.1 cm³/mol. The van der Waals surface area contributed by atoms with Crippen LogP contribution in [0.1, 0.15) is 17.5 Å². The van der Waals surface area contributed by atoms with Gasteiger partial charge in [0.2, 0.25) is 5.91 Å². The zero-order valence-corrected chi connectivity index (χ0v) is 13.1. The number of Topliss-reactive ketones (excluding diaryl/α,β-unsaturated/α-hetero) is 1. The molecule has 0 unspecified atom stereocenters. The molecule has 0 N–H and O–H groups in total. The highest BCUT2D eigenvalue weighted by Crippen LogP contribution is 2.23. The quantitative estimate of drug-likeness (QED) is 0.798. The van der Waals surface area contributed by atoms with Crippen molar-refractivity contribution in [1.29, 1.82) is 0 Å². The van der Waals surface area contributed by atoms with Gasteiger partial charge in [0.15, 0.2) is 5.78 Å². The maximum atomic E-state index is 12.2. The molecule has 0 radical (unpaired) electrons. The second-order valence-electron chi connectivity index (χ2n) is 5.72. The maximum absolute atomic E-state index is 12.2. The Morgan fingerprint density at radius 2 is 1.70 bits per heavy atom. The summed E-state index contributed by atoms with van der Waals surface area (Å²) in [5.41, 5.74) is 2.06. The zero-order chi connectivity index (χ0) is 16.2. The van der Waals surface area contributed by atoms with E-state index in [9.17, 15) is 9.59 Å². The summed E-state index contributed by atoms with van der Waals surface area (Å²) in [7, 11) is 1.62. The molecule has 0 saturated carbocycles. The first-order chi connectivity index (χ1) is 11.2. The van der Waals surface area contributed by atoms with Crippen molar-refractivity contribution in [2.45, 2.75) is 25.4 Å². The minimum atomic E-state index is -0.369. The minimum absolute atomic E-state index is 0.00682. The van der Waals surface area contributed by atoms with Gasteiger partial charge in [-0.25, -0.2) is 0 Å². The number of hydrogen-bond donors (Lipinski definition) is 0. The Balaban J connectivity index is 1.77. The highest BCUT2D eigenvalue weighted by Gasteiger charge is 2.38. The van der Waals surface area contributed by atoms with Crippen LogP contribution >= 0.6 is 0 Å². The van der Waals surface area contributed by atoms with Crippen molar-refractivity contribution >= 4 is 11.7 Å². The third kappa shape index (κ3) is 3.42. The topological polar surface area (TPSA) is 46.6 Å². The molecule has 118 valence electrons. The Morgan fingerprint density at radius 3 is 2.35 bits per heavy atom. The van der Waals surface area contributed by atoms with E-state index in [0.717, 1.165) is 16.9 Å². The smallest absolute Gasteiger partial charge is 0.231 e. The molecule has 23 heavy (non-hydrogen) atoms. The Hall–Kier alpha value is -2.62. The lowest BCUT2D eigenvalue weighted by atomic mass is 10.0. The average Bonchev–Trinajstić information content (AvgIpc) is 2.83. The van der Waals surface area contributed by atoms with Gasteiger partial charge in [0.25, 0.3) is 0 Å². The molecule has 1 aliphatic heterocycles. The van der Waals surface area contributed by atoms with E-state index in [-0.39, 0.29) is 24.2 Å². The Kier molecular flexibility index (Phi) is 4.42. The fourth-order valence-corrected chi connectivity index (χ4v) is 2.90. The van der Waals surface area contributed by atoms with Crippen LogP contribution < -0.4 is 4.74 Å². The van der Waals surface area contributed by atoms with Gasteiger partial charge in [-0.15, -0.1) is 0 Å². The maximum Gasteiger partial charge on any atom is 0.231 e. The number of methoxy groups -OCH3 is 1. The molecule has 1 atom stereocenters. The van der Waals surface area contributed by atoms with Gasteiger partial charge in [0.1, 0.15) is 5.75 Å². The van der Waals surface area contributed by atoms with Gasteiger partial charge >= 0.3 is 0 Å². The normalized spacial score (nSPS) is 17.6. The Bertz CT molecular complexity index is 694. The van der Waals surface area contributed by atoms with Gasteiger partial charge in [-0.2, -0.15) is 0 Å². The standard InChI is InChI=1S/C19H19NO3/c1-23-16-9-7-15(8-10-16)13-20-17(18(21)12-19(20)22)11-14-5-3-2-4-6-14/h2-10,17H,11-13H2,1H3/t17-/m0/s1. The molecule has 3 rings (SSSR count). The third-order valence-corrected chi connectivity index (χ3v) is 4.18. The van der Waals surface area contributed by atoms with Gasteiger partial charge in [-0.05, 0) is 29.7 Å². The van der Waals surface area contributed by atoms with Crippen LogP contribution in [0.3, 0.4) is 0 Å². The lowest BCUT2D eigenvalue weighted by molar-refractivity contribution is -0.129. The number of rotatable bonds is 5. The summed E-state index contributed by atoms with van der Waals surface area (Å²) in [5, 5.41) is 0. The van der Waals surface area contributed by atoms with E-state index in [1.165, 1.54) is 0 Å². The number of carbonyl (C=O) groups is 2. The Labute approximate surface area is 135 Å². The van der Waals surface area contributed by atoms with Crippen molar-refractivity contribution < 1.29 is 14.3 Å². The first-order valence-electron chi connectivity index (χ1n) is 7.66. The van der Waals surface area contributed by atoms with Crippen molar-refractivity contribution in [2.24, 2.45) is 0 Å². The number of benzene rings is 2. The monoisotopic (exact) mass is 309 g/mol. The SMILES string of the molecule is COc1ccc(CN2C(=O)CC(=O)[C@@H]2Cc2ccccc2)cc1. The van der Waals surface area contributed by atoms with Crippen LogP contribution in [0.4, 0.5) is 0 Å². The Morgan fingerprint density at radius 1 is 1.00 bits per heavy atom. The van der Waals surface area contributed by atoms with E-state index in [4.69, 9.17) is 4.74 Å². The molecule has 4 nitrogen and oxygen atoms in total. The molecular weight excluding hydrogens is 290 g/mol.